The number of ether oxygens (including phenoxy) is 4. The predicted octanol–water partition coefficient (Wildman–Crippen LogP) is 15.4. The number of allylic oxidation sites excluding steroid dienone is 5. The van der Waals surface area contributed by atoms with E-state index in [0.717, 1.165) is 93.9 Å². The van der Waals surface area contributed by atoms with Crippen LogP contribution in [0.2, 0.25) is 0 Å². The van der Waals surface area contributed by atoms with Crippen LogP contribution < -0.4 is 0 Å². The molecule has 1 saturated heterocycles. The second-order valence-corrected chi connectivity index (χ2v) is 23.2. The number of unbranched alkanes of at least 4 members (excludes halogenated alkanes) is 9. The van der Waals surface area contributed by atoms with Gasteiger partial charge in [-0.05, 0) is 156 Å². The maximum absolute atomic E-state index is 13.0. The van der Waals surface area contributed by atoms with Crippen LogP contribution in [-0.2, 0) is 28.5 Å². The van der Waals surface area contributed by atoms with Crippen molar-refractivity contribution in [1.29, 1.82) is 0 Å². The first-order chi connectivity index (χ1) is 32.5. The van der Waals surface area contributed by atoms with Crippen LogP contribution in [0.25, 0.3) is 0 Å². The quantitative estimate of drug-likeness (QED) is 0.0369. The zero-order valence-electron chi connectivity index (χ0n) is 44.4. The highest BCUT2D eigenvalue weighted by Crippen LogP contribution is 2.67. The van der Waals surface area contributed by atoms with E-state index >= 15 is 0 Å². The van der Waals surface area contributed by atoms with E-state index in [1.165, 1.54) is 140 Å². The van der Waals surface area contributed by atoms with Crippen LogP contribution in [0.4, 0.5) is 0 Å². The number of carbonyl (C=O) groups is 2. The van der Waals surface area contributed by atoms with Gasteiger partial charge in [-0.3, -0.25) is 9.59 Å². The van der Waals surface area contributed by atoms with Crippen molar-refractivity contribution in [1.82, 2.24) is 4.90 Å². The van der Waals surface area contributed by atoms with Crippen LogP contribution in [0.5, 0.6) is 0 Å². The molecule has 9 atom stereocenters. The highest BCUT2D eigenvalue weighted by molar-refractivity contribution is 5.77. The number of likely N-dealkylation sites (tertiary alicyclic amines) is 1. The molecule has 4 fully saturated rings. The van der Waals surface area contributed by atoms with Gasteiger partial charge in [0.1, 0.15) is 6.10 Å². The van der Waals surface area contributed by atoms with E-state index in [-0.39, 0.29) is 42.4 Å². The van der Waals surface area contributed by atoms with Crippen molar-refractivity contribution in [3.05, 3.63) is 36.0 Å². The third kappa shape index (κ3) is 18.6. The third-order valence-electron chi connectivity index (χ3n) is 17.7. The van der Waals surface area contributed by atoms with Crippen LogP contribution in [-0.4, -0.2) is 75.1 Å². The van der Waals surface area contributed by atoms with Gasteiger partial charge in [-0.1, -0.05) is 142 Å². The van der Waals surface area contributed by atoms with Gasteiger partial charge in [-0.2, -0.15) is 0 Å². The summed E-state index contributed by atoms with van der Waals surface area (Å²) in [6.07, 6.45) is 45.2. The standard InChI is InChI=1S/C60H103NO6/c1-7-8-9-10-11-12-13-14-15-16-17-18-19-20-21-25-42-64-47-52(46-61-40-23-22-24-41-61)65-43-27-44-66-57(62)34-35-58(63)67-51-36-38-59(5)50(45-51)30-31-53-55-33-32-54(49(4)29-26-28-48(2)3)60(55,6)39-37-56(53)59/h11-12,14-15,30,48-49,51-56H,7-10,13,16-29,31-47H2,1-6H3/b12-11-,15-14-/t49?,51-,52?,53-,54?,55-,56-,59-,60+/m0/s1. The molecule has 0 bridgehead atoms. The summed E-state index contributed by atoms with van der Waals surface area (Å²) >= 11 is 0. The lowest BCUT2D eigenvalue weighted by Crippen LogP contribution is -2.51. The normalized spacial score (nSPS) is 28.6. The Morgan fingerprint density at radius 2 is 1.48 bits per heavy atom. The Kier molecular flexibility index (Phi) is 25.6. The molecule has 7 heteroatoms. The molecule has 384 valence electrons. The van der Waals surface area contributed by atoms with Crippen LogP contribution in [0, 0.1) is 46.3 Å². The molecule has 0 spiro atoms. The van der Waals surface area contributed by atoms with Gasteiger partial charge in [-0.25, -0.2) is 0 Å². The maximum Gasteiger partial charge on any atom is 0.306 e. The smallest absolute Gasteiger partial charge is 0.306 e. The molecule has 0 radical (unpaired) electrons. The summed E-state index contributed by atoms with van der Waals surface area (Å²) in [5, 5.41) is 0. The fraction of sp³-hybridized carbons (Fsp3) is 0.867. The fourth-order valence-corrected chi connectivity index (χ4v) is 13.8. The molecular formula is C60H103NO6. The van der Waals surface area contributed by atoms with Crippen LogP contribution >= 0.6 is 0 Å². The molecule has 5 aliphatic rings. The number of nitrogens with zero attached hydrogens (tertiary/aromatic N) is 1. The van der Waals surface area contributed by atoms with Gasteiger partial charge in [0, 0.05) is 26.0 Å². The Bertz CT molecular complexity index is 1480. The van der Waals surface area contributed by atoms with Crippen molar-refractivity contribution < 1.29 is 28.5 Å². The van der Waals surface area contributed by atoms with E-state index in [9.17, 15) is 9.59 Å². The minimum atomic E-state index is -0.334. The summed E-state index contributed by atoms with van der Waals surface area (Å²) in [4.78, 5) is 28.2. The van der Waals surface area contributed by atoms with Gasteiger partial charge >= 0.3 is 11.9 Å². The maximum atomic E-state index is 13.0. The highest BCUT2D eigenvalue weighted by atomic mass is 16.6. The third-order valence-corrected chi connectivity index (χ3v) is 17.7. The fourth-order valence-electron chi connectivity index (χ4n) is 13.8. The molecule has 5 rings (SSSR count). The Morgan fingerprint density at radius 3 is 2.24 bits per heavy atom. The molecule has 0 aromatic rings. The predicted molar refractivity (Wildman–Crippen MR) is 278 cm³/mol. The lowest BCUT2D eigenvalue weighted by molar-refractivity contribution is -0.155. The lowest BCUT2D eigenvalue weighted by Gasteiger charge is -2.58. The van der Waals surface area contributed by atoms with E-state index in [4.69, 9.17) is 18.9 Å². The topological polar surface area (TPSA) is 74.3 Å². The highest BCUT2D eigenvalue weighted by Gasteiger charge is 2.59. The number of esters is 2. The minimum absolute atomic E-state index is 0.0215. The van der Waals surface area contributed by atoms with Crippen molar-refractivity contribution in [2.45, 2.75) is 240 Å². The summed E-state index contributed by atoms with van der Waals surface area (Å²) < 4.78 is 24.1. The van der Waals surface area contributed by atoms with Crippen LogP contribution in [0.15, 0.2) is 36.0 Å². The molecule has 3 saturated carbocycles. The summed E-state index contributed by atoms with van der Waals surface area (Å²) in [6, 6.07) is 0. The summed E-state index contributed by atoms with van der Waals surface area (Å²) in [5.74, 6) is 4.32. The zero-order valence-corrected chi connectivity index (χ0v) is 44.4. The number of rotatable bonds is 33. The van der Waals surface area contributed by atoms with Crippen molar-refractivity contribution in [3.63, 3.8) is 0 Å². The molecule has 67 heavy (non-hydrogen) atoms. The molecule has 0 aromatic carbocycles. The number of piperidine rings is 1. The Balaban J connectivity index is 0.909. The number of hydrogen-bond acceptors (Lipinski definition) is 7. The largest absolute Gasteiger partial charge is 0.466 e. The number of hydrogen-bond donors (Lipinski definition) is 0. The van der Waals surface area contributed by atoms with Crippen molar-refractivity contribution in [2.24, 2.45) is 46.3 Å². The minimum Gasteiger partial charge on any atom is -0.466 e. The van der Waals surface area contributed by atoms with Crippen molar-refractivity contribution in [3.8, 4) is 0 Å². The Hall–Kier alpha value is -1.96. The van der Waals surface area contributed by atoms with E-state index in [0.29, 0.717) is 31.7 Å². The molecule has 3 unspecified atom stereocenters. The van der Waals surface area contributed by atoms with Gasteiger partial charge in [0.05, 0.1) is 38.8 Å². The monoisotopic (exact) mass is 934 g/mol. The summed E-state index contributed by atoms with van der Waals surface area (Å²) in [5.41, 5.74) is 2.26. The first-order valence-corrected chi connectivity index (χ1v) is 28.8. The van der Waals surface area contributed by atoms with E-state index in [1.54, 1.807) is 0 Å². The van der Waals surface area contributed by atoms with Crippen molar-refractivity contribution >= 4 is 11.9 Å². The lowest BCUT2D eigenvalue weighted by atomic mass is 9.47. The molecule has 0 aromatic heterocycles. The van der Waals surface area contributed by atoms with E-state index < -0.39 is 0 Å². The SMILES string of the molecule is CCCCC/C=C\C/C=C\CCCCCCCCOCC(CN1CCCCC1)OCCCOC(=O)CCC(=O)O[C@H]1CC[C@@]2(C)C(=CC[C@@H]3[C@@H]2CC[C@]2(C)C(C(C)CCCC(C)C)CC[C@@H]32)C1. The second kappa shape index (κ2) is 30.7. The molecule has 7 nitrogen and oxygen atoms in total. The van der Waals surface area contributed by atoms with Gasteiger partial charge < -0.3 is 23.8 Å². The van der Waals surface area contributed by atoms with Crippen LogP contribution in [0.3, 0.4) is 0 Å². The summed E-state index contributed by atoms with van der Waals surface area (Å²) in [7, 11) is 0. The van der Waals surface area contributed by atoms with Gasteiger partial charge in [0.2, 0.25) is 0 Å². The molecule has 0 amide bonds. The zero-order chi connectivity index (χ0) is 47.7. The molecular weight excluding hydrogens is 831 g/mol. The molecule has 1 heterocycles. The van der Waals surface area contributed by atoms with Crippen LogP contribution in [0.1, 0.15) is 228 Å². The Morgan fingerprint density at radius 1 is 0.746 bits per heavy atom. The average Bonchev–Trinajstić information content (AvgIpc) is 3.68. The van der Waals surface area contributed by atoms with Gasteiger partial charge in [-0.15, -0.1) is 0 Å². The first-order valence-electron chi connectivity index (χ1n) is 28.8. The molecule has 1 aliphatic heterocycles. The first kappa shape index (κ1) is 56.0. The van der Waals surface area contributed by atoms with Gasteiger partial charge in [0.15, 0.2) is 0 Å². The van der Waals surface area contributed by atoms with E-state index in [2.05, 4.69) is 76.8 Å². The van der Waals surface area contributed by atoms with Crippen molar-refractivity contribution in [2.75, 3.05) is 46.1 Å². The molecule has 4 aliphatic carbocycles. The van der Waals surface area contributed by atoms with Gasteiger partial charge in [0.25, 0.3) is 0 Å². The van der Waals surface area contributed by atoms with E-state index in [1.807, 2.05) is 0 Å². The average molecular weight is 934 g/mol. The Labute approximate surface area is 412 Å². The summed E-state index contributed by atoms with van der Waals surface area (Å²) in [6.45, 7) is 20.1. The number of carbonyl (C=O) groups excluding carboxylic acids is 2. The second-order valence-electron chi connectivity index (χ2n) is 23.2. The molecule has 0 N–H and O–H groups in total. The number of fused-ring (bicyclic) bond motifs is 5.